The van der Waals surface area contributed by atoms with Crippen molar-refractivity contribution >= 4 is 7.28 Å². The molecule has 0 amide bonds. The standard InChI is InChI=1S/C8H15N2O3P/c1-3-7(5-9)14(11,12,13)8(4-2)6-10/h7-8,11-13H,3-4H2,1-2H3. The van der Waals surface area contributed by atoms with E-state index in [0.717, 1.165) is 0 Å². The Hall–Kier alpha value is -0.710. The first kappa shape index (κ1) is 13.3. The first-order valence-corrected chi connectivity index (χ1v) is 6.60. The van der Waals surface area contributed by atoms with Crippen molar-refractivity contribution in [2.75, 3.05) is 0 Å². The predicted molar refractivity (Wildman–Crippen MR) is 53.0 cm³/mol. The Balaban J connectivity index is 5.23. The van der Waals surface area contributed by atoms with E-state index in [0.29, 0.717) is 0 Å². The average molecular weight is 218 g/mol. The Labute approximate surface area is 83.4 Å². The van der Waals surface area contributed by atoms with Gasteiger partial charge in [0.2, 0.25) is 0 Å². The van der Waals surface area contributed by atoms with Crippen molar-refractivity contribution in [3.8, 4) is 12.1 Å². The van der Waals surface area contributed by atoms with Gasteiger partial charge in [0.05, 0.1) is 0 Å². The van der Waals surface area contributed by atoms with Gasteiger partial charge in [-0.05, 0) is 0 Å². The van der Waals surface area contributed by atoms with E-state index in [1.807, 2.05) is 0 Å². The number of rotatable bonds is 4. The molecular formula is C8H15N2O3P. The van der Waals surface area contributed by atoms with Crippen LogP contribution >= 0.6 is 7.28 Å². The van der Waals surface area contributed by atoms with E-state index in [2.05, 4.69) is 0 Å². The molecule has 2 unspecified atom stereocenters. The minimum absolute atomic E-state index is 0.107. The summed E-state index contributed by atoms with van der Waals surface area (Å²) in [6.45, 7) is 3.12. The van der Waals surface area contributed by atoms with E-state index < -0.39 is 18.6 Å². The SMILES string of the molecule is CCC(C#N)P(O)(O)(O)C(C#N)CC. The number of nitrogens with zero attached hydrogens (tertiary/aromatic N) is 2. The van der Waals surface area contributed by atoms with Crippen LogP contribution in [-0.4, -0.2) is 26.0 Å². The molecule has 14 heavy (non-hydrogen) atoms. The van der Waals surface area contributed by atoms with Gasteiger partial charge in [-0.1, -0.05) is 0 Å². The van der Waals surface area contributed by atoms with Gasteiger partial charge in [-0.2, -0.15) is 0 Å². The third-order valence-electron chi connectivity index (χ3n) is 2.27. The molecule has 0 saturated heterocycles. The van der Waals surface area contributed by atoms with Crippen LogP contribution in [0.4, 0.5) is 0 Å². The number of hydrogen-bond acceptors (Lipinski definition) is 5. The molecule has 2 atom stereocenters. The molecule has 80 valence electrons. The van der Waals surface area contributed by atoms with Gasteiger partial charge in [0, 0.05) is 0 Å². The molecule has 0 saturated carbocycles. The van der Waals surface area contributed by atoms with E-state index in [4.69, 9.17) is 10.5 Å². The maximum atomic E-state index is 9.70. The summed E-state index contributed by atoms with van der Waals surface area (Å²) in [7, 11) is -5.16. The summed E-state index contributed by atoms with van der Waals surface area (Å²) in [4.78, 5) is 29.1. The predicted octanol–water partition coefficient (Wildman–Crippen LogP) is 0.866. The van der Waals surface area contributed by atoms with Crippen LogP contribution < -0.4 is 0 Å². The Bertz CT molecular complexity index is 258. The topological polar surface area (TPSA) is 108 Å². The van der Waals surface area contributed by atoms with Gasteiger partial charge in [-0.25, -0.2) is 0 Å². The Morgan fingerprint density at radius 2 is 1.29 bits per heavy atom. The molecule has 0 aliphatic rings. The second-order valence-electron chi connectivity index (χ2n) is 3.22. The van der Waals surface area contributed by atoms with Crippen molar-refractivity contribution in [1.82, 2.24) is 0 Å². The van der Waals surface area contributed by atoms with Crippen LogP contribution in [0.25, 0.3) is 0 Å². The fourth-order valence-electron chi connectivity index (χ4n) is 1.32. The minimum atomic E-state index is -5.16. The van der Waals surface area contributed by atoms with Gasteiger partial charge in [-0.15, -0.1) is 0 Å². The van der Waals surface area contributed by atoms with Crippen molar-refractivity contribution in [2.24, 2.45) is 0 Å². The van der Waals surface area contributed by atoms with Crippen molar-refractivity contribution < 1.29 is 14.7 Å². The van der Waals surface area contributed by atoms with Gasteiger partial charge in [0.25, 0.3) is 0 Å². The normalized spacial score (nSPS) is 18.4. The second-order valence-corrected chi connectivity index (χ2v) is 6.68. The monoisotopic (exact) mass is 218 g/mol. The fraction of sp³-hybridized carbons (Fsp3) is 0.750. The van der Waals surface area contributed by atoms with Crippen LogP contribution in [0.3, 0.4) is 0 Å². The molecule has 5 nitrogen and oxygen atoms in total. The maximum absolute atomic E-state index is 9.70. The molecule has 0 aliphatic heterocycles. The molecular weight excluding hydrogens is 203 g/mol. The van der Waals surface area contributed by atoms with Crippen molar-refractivity contribution in [3.05, 3.63) is 0 Å². The summed E-state index contributed by atoms with van der Waals surface area (Å²) in [5, 5.41) is 17.3. The van der Waals surface area contributed by atoms with Gasteiger partial charge < -0.3 is 0 Å². The molecule has 3 N–H and O–H groups in total. The third kappa shape index (κ3) is 2.20. The van der Waals surface area contributed by atoms with Gasteiger partial charge in [-0.3, -0.25) is 0 Å². The molecule has 0 radical (unpaired) electrons. The molecule has 0 fully saturated rings. The molecule has 0 spiro atoms. The van der Waals surface area contributed by atoms with Gasteiger partial charge in [0.15, 0.2) is 0 Å². The van der Waals surface area contributed by atoms with Crippen LogP contribution in [0.2, 0.25) is 0 Å². The van der Waals surface area contributed by atoms with Crippen LogP contribution in [0.5, 0.6) is 0 Å². The van der Waals surface area contributed by atoms with Crippen molar-refractivity contribution in [3.63, 3.8) is 0 Å². The Morgan fingerprint density at radius 3 is 1.43 bits per heavy atom. The third-order valence-corrected chi connectivity index (χ3v) is 5.62. The van der Waals surface area contributed by atoms with E-state index in [1.54, 1.807) is 26.0 Å². The van der Waals surface area contributed by atoms with E-state index in [9.17, 15) is 14.7 Å². The van der Waals surface area contributed by atoms with Crippen molar-refractivity contribution in [1.29, 1.82) is 10.5 Å². The van der Waals surface area contributed by atoms with Crippen LogP contribution in [0.1, 0.15) is 26.7 Å². The zero-order chi connectivity index (χ0) is 11.4. The van der Waals surface area contributed by atoms with E-state index in [-0.39, 0.29) is 12.8 Å². The van der Waals surface area contributed by atoms with Crippen LogP contribution in [0, 0.1) is 22.7 Å². The van der Waals surface area contributed by atoms with Gasteiger partial charge in [0.1, 0.15) is 0 Å². The van der Waals surface area contributed by atoms with E-state index in [1.165, 1.54) is 0 Å². The first-order chi connectivity index (χ1) is 6.32. The molecule has 0 aromatic carbocycles. The Morgan fingerprint density at radius 1 is 1.00 bits per heavy atom. The van der Waals surface area contributed by atoms with Gasteiger partial charge >= 0.3 is 82.6 Å². The zero-order valence-corrected chi connectivity index (χ0v) is 9.15. The quantitative estimate of drug-likeness (QED) is 0.606. The average Bonchev–Trinajstić information content (AvgIpc) is 2.05. The van der Waals surface area contributed by atoms with Crippen LogP contribution in [-0.2, 0) is 0 Å². The molecule has 0 rings (SSSR count). The summed E-state index contributed by atoms with van der Waals surface area (Å²) in [6.07, 6.45) is 0.214. The van der Waals surface area contributed by atoms with Crippen LogP contribution in [0.15, 0.2) is 0 Å². The number of nitriles is 2. The van der Waals surface area contributed by atoms with Crippen molar-refractivity contribution in [2.45, 2.75) is 38.0 Å². The summed E-state index contributed by atoms with van der Waals surface area (Å²) >= 11 is 0. The molecule has 0 heterocycles. The summed E-state index contributed by atoms with van der Waals surface area (Å²) in [5.41, 5.74) is -2.55. The summed E-state index contributed by atoms with van der Waals surface area (Å²) in [6, 6.07) is 3.28. The molecule has 0 aliphatic carbocycles. The molecule has 6 heteroatoms. The first-order valence-electron chi connectivity index (χ1n) is 4.37. The Kier molecular flexibility index (Phi) is 4.00. The van der Waals surface area contributed by atoms with E-state index >= 15 is 0 Å². The molecule has 0 bridgehead atoms. The fourth-order valence-corrected chi connectivity index (χ4v) is 3.60. The summed E-state index contributed by atoms with van der Waals surface area (Å²) < 4.78 is 0. The molecule has 0 aromatic heterocycles. The second kappa shape index (κ2) is 4.21. The summed E-state index contributed by atoms with van der Waals surface area (Å²) in [5.74, 6) is 0. The number of hydrogen-bond donors (Lipinski definition) is 3. The molecule has 0 aromatic rings. The zero-order valence-electron chi connectivity index (χ0n) is 8.25.